The highest BCUT2D eigenvalue weighted by atomic mass is 16.5. The molecule has 3 aliphatic rings. The van der Waals surface area contributed by atoms with Crippen molar-refractivity contribution >= 4 is 11.8 Å². The van der Waals surface area contributed by atoms with E-state index >= 15 is 0 Å². The second-order valence-corrected chi connectivity index (χ2v) is 8.57. The number of aliphatic hydroxyl groups is 1. The first-order valence-corrected chi connectivity index (χ1v) is 11.1. The van der Waals surface area contributed by atoms with E-state index < -0.39 is 6.10 Å². The lowest BCUT2D eigenvalue weighted by Gasteiger charge is -2.37. The SMILES string of the molecule is O=C(C[C@H]1CC[C@H](NC(=O)C2CCOCC2)[C@H](CO)O1)NCC1CCCCC1. The molecular weight excluding hydrogens is 360 g/mol. The zero-order chi connectivity index (χ0) is 19.8. The fourth-order valence-corrected chi connectivity index (χ4v) is 4.64. The molecule has 2 saturated heterocycles. The van der Waals surface area contributed by atoms with Crippen LogP contribution < -0.4 is 10.6 Å². The molecule has 0 aromatic rings. The van der Waals surface area contributed by atoms with Gasteiger partial charge in [0.15, 0.2) is 0 Å². The average molecular weight is 397 g/mol. The lowest BCUT2D eigenvalue weighted by atomic mass is 9.89. The van der Waals surface area contributed by atoms with Gasteiger partial charge in [0.05, 0.1) is 25.2 Å². The Hall–Kier alpha value is -1.18. The maximum Gasteiger partial charge on any atom is 0.223 e. The molecule has 2 amide bonds. The van der Waals surface area contributed by atoms with Crippen LogP contribution in [-0.4, -0.2) is 61.5 Å². The average Bonchev–Trinajstić information content (AvgIpc) is 2.74. The third-order valence-corrected chi connectivity index (χ3v) is 6.44. The zero-order valence-electron chi connectivity index (χ0n) is 16.9. The van der Waals surface area contributed by atoms with E-state index in [2.05, 4.69) is 10.6 Å². The minimum absolute atomic E-state index is 0.0172. The van der Waals surface area contributed by atoms with Crippen molar-refractivity contribution in [2.45, 2.75) is 82.5 Å². The Bertz CT molecular complexity index is 503. The molecule has 160 valence electrons. The molecule has 0 unspecified atom stereocenters. The van der Waals surface area contributed by atoms with Crippen molar-refractivity contribution in [1.29, 1.82) is 0 Å². The number of ether oxygens (including phenoxy) is 2. The number of carbonyl (C=O) groups excluding carboxylic acids is 2. The normalized spacial score (nSPS) is 30.0. The molecule has 0 bridgehead atoms. The van der Waals surface area contributed by atoms with Crippen molar-refractivity contribution in [2.75, 3.05) is 26.4 Å². The molecule has 0 aromatic carbocycles. The van der Waals surface area contributed by atoms with Gasteiger partial charge in [-0.3, -0.25) is 9.59 Å². The summed E-state index contributed by atoms with van der Waals surface area (Å²) in [6.45, 7) is 1.86. The third-order valence-electron chi connectivity index (χ3n) is 6.44. The first kappa shape index (κ1) is 21.5. The monoisotopic (exact) mass is 396 g/mol. The van der Waals surface area contributed by atoms with Crippen LogP contribution in [-0.2, 0) is 19.1 Å². The van der Waals surface area contributed by atoms with E-state index in [1.807, 2.05) is 0 Å². The van der Waals surface area contributed by atoms with Gasteiger partial charge in [-0.1, -0.05) is 19.3 Å². The Kier molecular flexibility index (Phi) is 8.55. The van der Waals surface area contributed by atoms with Gasteiger partial charge in [0.25, 0.3) is 0 Å². The van der Waals surface area contributed by atoms with Crippen LogP contribution in [0.3, 0.4) is 0 Å². The number of nitrogens with one attached hydrogen (secondary N) is 2. The number of amides is 2. The van der Waals surface area contributed by atoms with Crippen molar-refractivity contribution in [2.24, 2.45) is 11.8 Å². The van der Waals surface area contributed by atoms with E-state index in [-0.39, 0.29) is 36.5 Å². The van der Waals surface area contributed by atoms with Gasteiger partial charge in [0.1, 0.15) is 6.10 Å². The minimum atomic E-state index is -0.450. The van der Waals surface area contributed by atoms with E-state index in [1.165, 1.54) is 32.1 Å². The van der Waals surface area contributed by atoms with E-state index in [0.717, 1.165) is 25.8 Å². The highest BCUT2D eigenvalue weighted by Gasteiger charge is 2.34. The summed E-state index contributed by atoms with van der Waals surface area (Å²) in [6, 6.07) is -0.193. The number of carbonyl (C=O) groups is 2. The van der Waals surface area contributed by atoms with Gasteiger partial charge in [-0.25, -0.2) is 0 Å². The number of hydrogen-bond acceptors (Lipinski definition) is 5. The molecule has 3 N–H and O–H groups in total. The maximum atomic E-state index is 12.5. The van der Waals surface area contributed by atoms with Gasteiger partial charge in [-0.2, -0.15) is 0 Å². The second kappa shape index (κ2) is 11.1. The molecule has 2 aliphatic heterocycles. The Morgan fingerprint density at radius 2 is 1.71 bits per heavy atom. The highest BCUT2D eigenvalue weighted by Crippen LogP contribution is 2.25. The summed E-state index contributed by atoms with van der Waals surface area (Å²) in [5.74, 6) is 0.646. The minimum Gasteiger partial charge on any atom is -0.394 e. The van der Waals surface area contributed by atoms with Gasteiger partial charge in [-0.15, -0.1) is 0 Å². The Morgan fingerprint density at radius 3 is 2.43 bits per heavy atom. The summed E-state index contributed by atoms with van der Waals surface area (Å²) in [7, 11) is 0. The predicted molar refractivity (Wildman–Crippen MR) is 105 cm³/mol. The fraction of sp³-hybridized carbons (Fsp3) is 0.905. The molecule has 7 heteroatoms. The molecule has 3 rings (SSSR count). The largest absolute Gasteiger partial charge is 0.394 e. The molecule has 0 spiro atoms. The first-order valence-electron chi connectivity index (χ1n) is 11.1. The van der Waals surface area contributed by atoms with E-state index in [0.29, 0.717) is 32.0 Å². The van der Waals surface area contributed by atoms with Gasteiger partial charge in [-0.05, 0) is 44.4 Å². The van der Waals surface area contributed by atoms with Crippen molar-refractivity contribution in [1.82, 2.24) is 10.6 Å². The Labute approximate surface area is 167 Å². The second-order valence-electron chi connectivity index (χ2n) is 8.57. The van der Waals surface area contributed by atoms with Gasteiger partial charge in [0.2, 0.25) is 11.8 Å². The van der Waals surface area contributed by atoms with E-state index in [9.17, 15) is 14.7 Å². The highest BCUT2D eigenvalue weighted by molar-refractivity contribution is 5.79. The molecule has 7 nitrogen and oxygen atoms in total. The van der Waals surface area contributed by atoms with Crippen LogP contribution in [0.1, 0.15) is 64.2 Å². The van der Waals surface area contributed by atoms with Crippen LogP contribution in [0.4, 0.5) is 0 Å². The molecule has 0 radical (unpaired) electrons. The van der Waals surface area contributed by atoms with E-state index in [1.54, 1.807) is 0 Å². The summed E-state index contributed by atoms with van der Waals surface area (Å²) in [6.07, 6.45) is 8.87. The van der Waals surface area contributed by atoms with Crippen LogP contribution in [0.25, 0.3) is 0 Å². The summed E-state index contributed by atoms with van der Waals surface area (Å²) in [5, 5.41) is 15.8. The topological polar surface area (TPSA) is 96.9 Å². The first-order chi connectivity index (χ1) is 13.7. The number of aliphatic hydroxyl groups excluding tert-OH is 1. The smallest absolute Gasteiger partial charge is 0.223 e. The van der Waals surface area contributed by atoms with E-state index in [4.69, 9.17) is 9.47 Å². The molecule has 2 heterocycles. The lowest BCUT2D eigenvalue weighted by Crippen LogP contribution is -2.53. The Morgan fingerprint density at radius 1 is 0.964 bits per heavy atom. The summed E-state index contributed by atoms with van der Waals surface area (Å²) >= 11 is 0. The maximum absolute atomic E-state index is 12.5. The standard InChI is InChI=1S/C21H36N2O5/c24-14-19-18(23-21(26)16-8-10-27-11-9-16)7-6-17(28-19)12-20(25)22-13-15-4-2-1-3-5-15/h15-19,24H,1-14H2,(H,22,25)(H,23,26)/t17-,18+,19+/m1/s1. The number of rotatable bonds is 7. The van der Waals surface area contributed by atoms with Gasteiger partial charge in [0, 0.05) is 25.7 Å². The lowest BCUT2D eigenvalue weighted by molar-refractivity contribution is -0.139. The molecule has 1 aliphatic carbocycles. The summed E-state index contributed by atoms with van der Waals surface area (Å²) in [5.41, 5.74) is 0. The Balaban J connectivity index is 1.39. The molecule has 3 atom stereocenters. The van der Waals surface area contributed by atoms with Crippen LogP contribution in [0.15, 0.2) is 0 Å². The quantitative estimate of drug-likeness (QED) is 0.606. The van der Waals surface area contributed by atoms with Gasteiger partial charge >= 0.3 is 0 Å². The van der Waals surface area contributed by atoms with Gasteiger partial charge < -0.3 is 25.2 Å². The predicted octanol–water partition coefficient (Wildman–Crippen LogP) is 1.52. The fourth-order valence-electron chi connectivity index (χ4n) is 4.64. The zero-order valence-corrected chi connectivity index (χ0v) is 16.9. The van der Waals surface area contributed by atoms with Crippen molar-refractivity contribution < 1.29 is 24.2 Å². The molecule has 1 saturated carbocycles. The molecule has 0 aromatic heterocycles. The molecule has 28 heavy (non-hydrogen) atoms. The van der Waals surface area contributed by atoms with Crippen molar-refractivity contribution in [3.8, 4) is 0 Å². The van der Waals surface area contributed by atoms with Crippen LogP contribution in [0, 0.1) is 11.8 Å². The third kappa shape index (κ3) is 6.42. The summed E-state index contributed by atoms with van der Waals surface area (Å²) in [4.78, 5) is 24.7. The summed E-state index contributed by atoms with van der Waals surface area (Å²) < 4.78 is 11.3. The van der Waals surface area contributed by atoms with Crippen LogP contribution in [0.5, 0.6) is 0 Å². The molecule has 3 fully saturated rings. The van der Waals surface area contributed by atoms with Crippen molar-refractivity contribution in [3.05, 3.63) is 0 Å². The van der Waals surface area contributed by atoms with Crippen molar-refractivity contribution in [3.63, 3.8) is 0 Å². The molecular formula is C21H36N2O5. The number of hydrogen-bond donors (Lipinski definition) is 3. The van der Waals surface area contributed by atoms with Crippen LogP contribution in [0.2, 0.25) is 0 Å². The van der Waals surface area contributed by atoms with Crippen LogP contribution >= 0.6 is 0 Å².